The normalized spacial score (nSPS) is 22.9. The number of hydrogen-bond acceptors (Lipinski definition) is 2. The van der Waals surface area contributed by atoms with Crippen LogP contribution in [0.1, 0.15) is 12.5 Å². The maximum Gasteiger partial charge on any atom is 0.123 e. The molecule has 1 aromatic carbocycles. The molecule has 1 N–H and O–H groups in total. The molecule has 2 nitrogen and oxygen atoms in total. The van der Waals surface area contributed by atoms with Crippen LogP contribution in [0.3, 0.4) is 0 Å². The number of piperazine rings is 1. The summed E-state index contributed by atoms with van der Waals surface area (Å²) in [4.78, 5) is 2.36. The van der Waals surface area contributed by atoms with E-state index in [-0.39, 0.29) is 5.82 Å². The summed E-state index contributed by atoms with van der Waals surface area (Å²) in [5.41, 5.74) is 1.06. The second-order valence-corrected chi connectivity index (χ2v) is 4.22. The summed E-state index contributed by atoms with van der Waals surface area (Å²) in [5, 5.41) is 3.39. The van der Waals surface area contributed by atoms with Gasteiger partial charge < -0.3 is 5.32 Å². The minimum atomic E-state index is -0.143. The van der Waals surface area contributed by atoms with Crippen molar-refractivity contribution < 1.29 is 4.39 Å². The highest BCUT2D eigenvalue weighted by molar-refractivity contribution is 5.16. The Morgan fingerprint density at radius 1 is 1.53 bits per heavy atom. The lowest BCUT2D eigenvalue weighted by atomic mass is 10.1. The van der Waals surface area contributed by atoms with Gasteiger partial charge in [-0.15, -0.1) is 0 Å². The van der Waals surface area contributed by atoms with E-state index in [0.29, 0.717) is 6.04 Å². The number of nitrogens with one attached hydrogen (secondary N) is 1. The summed E-state index contributed by atoms with van der Waals surface area (Å²) in [5.74, 6) is -0.143. The number of hydrogen-bond donors (Lipinski definition) is 1. The minimum absolute atomic E-state index is 0.143. The summed E-state index contributed by atoms with van der Waals surface area (Å²) in [6.07, 6.45) is 0. The largest absolute Gasteiger partial charge is 0.312 e. The molecule has 0 bridgehead atoms. The predicted molar refractivity (Wildman–Crippen MR) is 59.1 cm³/mol. The van der Waals surface area contributed by atoms with Crippen molar-refractivity contribution in [2.45, 2.75) is 19.5 Å². The summed E-state index contributed by atoms with van der Waals surface area (Å²) in [6, 6.07) is 7.40. The zero-order chi connectivity index (χ0) is 10.7. The van der Waals surface area contributed by atoms with Gasteiger partial charge in [-0.2, -0.15) is 0 Å². The van der Waals surface area contributed by atoms with E-state index in [0.717, 1.165) is 31.7 Å². The van der Waals surface area contributed by atoms with Crippen molar-refractivity contribution in [3.8, 4) is 0 Å². The molecule has 0 amide bonds. The van der Waals surface area contributed by atoms with Crippen molar-refractivity contribution in [3.63, 3.8) is 0 Å². The van der Waals surface area contributed by atoms with Gasteiger partial charge in [-0.3, -0.25) is 4.90 Å². The molecule has 1 aromatic rings. The van der Waals surface area contributed by atoms with Gasteiger partial charge in [0.1, 0.15) is 5.82 Å². The van der Waals surface area contributed by atoms with Crippen LogP contribution >= 0.6 is 0 Å². The van der Waals surface area contributed by atoms with Crippen LogP contribution in [0.4, 0.5) is 4.39 Å². The lowest BCUT2D eigenvalue weighted by Gasteiger charge is -2.31. The number of nitrogens with zero attached hydrogens (tertiary/aromatic N) is 1. The molecule has 0 aliphatic carbocycles. The summed E-state index contributed by atoms with van der Waals surface area (Å²) < 4.78 is 13.0. The molecular formula is C12H17FN2. The average molecular weight is 208 g/mol. The molecule has 2 rings (SSSR count). The van der Waals surface area contributed by atoms with Gasteiger partial charge >= 0.3 is 0 Å². The molecule has 15 heavy (non-hydrogen) atoms. The highest BCUT2D eigenvalue weighted by Gasteiger charge is 2.15. The van der Waals surface area contributed by atoms with Gasteiger partial charge in [0.25, 0.3) is 0 Å². The molecule has 82 valence electrons. The fourth-order valence-corrected chi connectivity index (χ4v) is 2.05. The SMILES string of the molecule is CC1CN(Cc2cccc(F)c2)CCN1. The van der Waals surface area contributed by atoms with Crippen molar-refractivity contribution in [3.05, 3.63) is 35.6 Å². The Morgan fingerprint density at radius 2 is 2.40 bits per heavy atom. The van der Waals surface area contributed by atoms with Gasteiger partial charge in [0.05, 0.1) is 0 Å². The third-order valence-corrected chi connectivity index (χ3v) is 2.75. The van der Waals surface area contributed by atoms with Gasteiger partial charge in [0.15, 0.2) is 0 Å². The predicted octanol–water partition coefficient (Wildman–Crippen LogP) is 1.62. The second kappa shape index (κ2) is 4.73. The second-order valence-electron chi connectivity index (χ2n) is 4.22. The summed E-state index contributed by atoms with van der Waals surface area (Å²) in [6.45, 7) is 6.13. The zero-order valence-electron chi connectivity index (χ0n) is 9.04. The number of halogens is 1. The van der Waals surface area contributed by atoms with Crippen LogP contribution in [0.15, 0.2) is 24.3 Å². The van der Waals surface area contributed by atoms with Gasteiger partial charge in [0.2, 0.25) is 0 Å². The smallest absolute Gasteiger partial charge is 0.123 e. The van der Waals surface area contributed by atoms with Crippen molar-refractivity contribution >= 4 is 0 Å². The number of rotatable bonds is 2. The summed E-state index contributed by atoms with van der Waals surface area (Å²) >= 11 is 0. The van der Waals surface area contributed by atoms with E-state index in [1.54, 1.807) is 12.1 Å². The third-order valence-electron chi connectivity index (χ3n) is 2.75. The highest BCUT2D eigenvalue weighted by atomic mass is 19.1. The first kappa shape index (κ1) is 10.6. The molecule has 1 unspecified atom stereocenters. The topological polar surface area (TPSA) is 15.3 Å². The number of benzene rings is 1. The van der Waals surface area contributed by atoms with Crippen LogP contribution in [0.2, 0.25) is 0 Å². The first-order chi connectivity index (χ1) is 7.24. The lowest BCUT2D eigenvalue weighted by Crippen LogP contribution is -2.48. The molecule has 1 aliphatic heterocycles. The molecule has 1 heterocycles. The standard InChI is InChI=1S/C12H17FN2/c1-10-8-15(6-5-14-10)9-11-3-2-4-12(13)7-11/h2-4,7,10,14H,5-6,8-9H2,1H3. The zero-order valence-corrected chi connectivity index (χ0v) is 9.04. The van der Waals surface area contributed by atoms with E-state index in [1.165, 1.54) is 6.07 Å². The lowest BCUT2D eigenvalue weighted by molar-refractivity contribution is 0.199. The average Bonchev–Trinajstić information content (AvgIpc) is 2.17. The fraction of sp³-hybridized carbons (Fsp3) is 0.500. The maximum atomic E-state index is 13.0. The van der Waals surface area contributed by atoms with Crippen molar-refractivity contribution in [2.75, 3.05) is 19.6 Å². The Bertz CT molecular complexity index is 327. The molecule has 0 saturated carbocycles. The third kappa shape index (κ3) is 3.01. The molecule has 1 saturated heterocycles. The van der Waals surface area contributed by atoms with Crippen molar-refractivity contribution in [1.82, 2.24) is 10.2 Å². The van der Waals surface area contributed by atoms with Gasteiger partial charge in [-0.1, -0.05) is 12.1 Å². The molecule has 1 fully saturated rings. The Balaban J connectivity index is 1.96. The maximum absolute atomic E-state index is 13.0. The van der Waals surface area contributed by atoms with E-state index in [4.69, 9.17) is 0 Å². The van der Waals surface area contributed by atoms with Crippen molar-refractivity contribution in [2.24, 2.45) is 0 Å². The Morgan fingerprint density at radius 3 is 3.13 bits per heavy atom. The van der Waals surface area contributed by atoms with Gasteiger partial charge in [-0.05, 0) is 24.6 Å². The van der Waals surface area contributed by atoms with Crippen LogP contribution in [0.5, 0.6) is 0 Å². The van der Waals surface area contributed by atoms with E-state index in [9.17, 15) is 4.39 Å². The monoisotopic (exact) mass is 208 g/mol. The Labute approximate surface area is 90.1 Å². The molecule has 0 aromatic heterocycles. The van der Waals surface area contributed by atoms with Crippen LogP contribution < -0.4 is 5.32 Å². The molecule has 1 aliphatic rings. The van der Waals surface area contributed by atoms with Crippen LogP contribution in [0.25, 0.3) is 0 Å². The van der Waals surface area contributed by atoms with Crippen molar-refractivity contribution in [1.29, 1.82) is 0 Å². The highest BCUT2D eigenvalue weighted by Crippen LogP contribution is 2.09. The van der Waals surface area contributed by atoms with E-state index < -0.39 is 0 Å². The van der Waals surface area contributed by atoms with E-state index >= 15 is 0 Å². The quantitative estimate of drug-likeness (QED) is 0.794. The van der Waals surface area contributed by atoms with Crippen LogP contribution in [-0.4, -0.2) is 30.6 Å². The van der Waals surface area contributed by atoms with E-state index in [1.807, 2.05) is 6.07 Å². The Hall–Kier alpha value is -0.930. The first-order valence-corrected chi connectivity index (χ1v) is 5.44. The van der Waals surface area contributed by atoms with Gasteiger partial charge in [0, 0.05) is 32.2 Å². The van der Waals surface area contributed by atoms with E-state index in [2.05, 4.69) is 17.1 Å². The molecule has 3 heteroatoms. The molecular weight excluding hydrogens is 191 g/mol. The molecule has 1 atom stereocenters. The molecule has 0 radical (unpaired) electrons. The molecule has 0 spiro atoms. The van der Waals surface area contributed by atoms with Crippen LogP contribution in [-0.2, 0) is 6.54 Å². The van der Waals surface area contributed by atoms with Gasteiger partial charge in [-0.25, -0.2) is 4.39 Å². The van der Waals surface area contributed by atoms with Crippen LogP contribution in [0, 0.1) is 5.82 Å². The summed E-state index contributed by atoms with van der Waals surface area (Å²) in [7, 11) is 0. The first-order valence-electron chi connectivity index (χ1n) is 5.44. The fourth-order valence-electron chi connectivity index (χ4n) is 2.05. The Kier molecular flexibility index (Phi) is 3.34. The minimum Gasteiger partial charge on any atom is -0.312 e.